The Morgan fingerprint density at radius 2 is 2.08 bits per heavy atom. The molecule has 196 valence electrons. The fourth-order valence-corrected chi connectivity index (χ4v) is 5.28. The van der Waals surface area contributed by atoms with E-state index in [0.717, 1.165) is 43.3 Å². The minimum atomic E-state index is -0.347. The molecule has 3 heterocycles. The Morgan fingerprint density at radius 1 is 1.22 bits per heavy atom. The van der Waals surface area contributed by atoms with Crippen LogP contribution in [0.2, 0.25) is 0 Å². The van der Waals surface area contributed by atoms with E-state index in [9.17, 15) is 9.59 Å². The maximum absolute atomic E-state index is 13.1. The summed E-state index contributed by atoms with van der Waals surface area (Å²) in [6.45, 7) is 7.52. The number of aromatic nitrogens is 1. The third-order valence-corrected chi connectivity index (χ3v) is 7.27. The zero-order valence-corrected chi connectivity index (χ0v) is 21.9. The van der Waals surface area contributed by atoms with E-state index in [1.165, 1.54) is 11.3 Å². The second-order valence-corrected chi connectivity index (χ2v) is 9.94. The van der Waals surface area contributed by atoms with Crippen molar-refractivity contribution in [2.75, 3.05) is 70.4 Å². The van der Waals surface area contributed by atoms with Crippen LogP contribution >= 0.6 is 11.3 Å². The molecule has 2 atom stereocenters. The lowest BCUT2D eigenvalue weighted by Gasteiger charge is -2.31. The predicted molar refractivity (Wildman–Crippen MR) is 139 cm³/mol. The number of amides is 2. The number of thiazole rings is 1. The standard InChI is InChI=1S/C25H35N5O5S/c1-17-13-29(9-11-35-17)14-18-4-5-21(20(12-18)23(31)26-7-10-33-2)27-24(32)22-16-36-25(28-22)30-8-6-19(15-30)34-3/h4-5,12,16-17,19H,6-11,13-15H2,1-3H3,(H,26,31)(H,27,32)/t17-,19+/m1/s1. The highest BCUT2D eigenvalue weighted by atomic mass is 32.1. The molecular weight excluding hydrogens is 482 g/mol. The highest BCUT2D eigenvalue weighted by molar-refractivity contribution is 7.14. The second-order valence-electron chi connectivity index (χ2n) is 9.11. The predicted octanol–water partition coefficient (Wildman–Crippen LogP) is 2.22. The highest BCUT2D eigenvalue weighted by Crippen LogP contribution is 2.26. The number of methoxy groups -OCH3 is 2. The van der Waals surface area contributed by atoms with Gasteiger partial charge in [-0.15, -0.1) is 11.3 Å². The molecule has 36 heavy (non-hydrogen) atoms. The molecule has 0 spiro atoms. The molecule has 2 fully saturated rings. The number of morpholine rings is 1. The van der Waals surface area contributed by atoms with Crippen LogP contribution in [-0.2, 0) is 20.8 Å². The normalized spacial score (nSPS) is 20.5. The molecule has 2 aliphatic heterocycles. The molecule has 0 saturated carbocycles. The number of anilines is 2. The van der Waals surface area contributed by atoms with Crippen LogP contribution in [0.4, 0.5) is 10.8 Å². The van der Waals surface area contributed by atoms with Gasteiger partial charge in [0.1, 0.15) is 5.69 Å². The number of ether oxygens (including phenoxy) is 3. The fraction of sp³-hybridized carbons (Fsp3) is 0.560. The summed E-state index contributed by atoms with van der Waals surface area (Å²) in [6.07, 6.45) is 1.30. The summed E-state index contributed by atoms with van der Waals surface area (Å²) < 4.78 is 16.1. The SMILES string of the molecule is COCCNC(=O)c1cc(CN2CCO[C@H](C)C2)ccc1NC(=O)c1csc(N2CC[C@H](OC)C2)n1. The van der Waals surface area contributed by atoms with Crippen molar-refractivity contribution in [1.29, 1.82) is 0 Å². The lowest BCUT2D eigenvalue weighted by atomic mass is 10.1. The van der Waals surface area contributed by atoms with Gasteiger partial charge < -0.3 is 29.7 Å². The third kappa shape index (κ3) is 6.80. The van der Waals surface area contributed by atoms with Crippen molar-refractivity contribution in [3.63, 3.8) is 0 Å². The molecule has 2 aliphatic rings. The molecule has 1 aromatic carbocycles. The lowest BCUT2D eigenvalue weighted by Crippen LogP contribution is -2.40. The summed E-state index contributed by atoms with van der Waals surface area (Å²) >= 11 is 1.43. The molecule has 4 rings (SSSR count). The van der Waals surface area contributed by atoms with Crippen molar-refractivity contribution in [2.24, 2.45) is 0 Å². The summed E-state index contributed by atoms with van der Waals surface area (Å²) in [5.74, 6) is -0.609. The van der Waals surface area contributed by atoms with Crippen LogP contribution in [0.5, 0.6) is 0 Å². The Bertz CT molecular complexity index is 1050. The minimum absolute atomic E-state index is 0.179. The van der Waals surface area contributed by atoms with Crippen molar-refractivity contribution in [1.82, 2.24) is 15.2 Å². The summed E-state index contributed by atoms with van der Waals surface area (Å²) in [6, 6.07) is 5.59. The van der Waals surface area contributed by atoms with Gasteiger partial charge in [0.15, 0.2) is 5.13 Å². The molecule has 2 amide bonds. The first kappa shape index (κ1) is 26.5. The Kier molecular flexibility index (Phi) is 9.27. The van der Waals surface area contributed by atoms with E-state index in [4.69, 9.17) is 14.2 Å². The first-order chi connectivity index (χ1) is 17.5. The molecule has 1 aromatic heterocycles. The van der Waals surface area contributed by atoms with Crippen molar-refractivity contribution in [3.05, 3.63) is 40.4 Å². The number of carbonyl (C=O) groups is 2. The number of carbonyl (C=O) groups excluding carboxylic acids is 2. The van der Waals surface area contributed by atoms with E-state index in [1.807, 2.05) is 12.1 Å². The molecule has 11 heteroatoms. The van der Waals surface area contributed by atoms with Gasteiger partial charge in [0.2, 0.25) is 0 Å². The molecule has 2 N–H and O–H groups in total. The highest BCUT2D eigenvalue weighted by Gasteiger charge is 2.25. The van der Waals surface area contributed by atoms with Gasteiger partial charge in [-0.2, -0.15) is 0 Å². The average Bonchev–Trinajstić information content (AvgIpc) is 3.55. The van der Waals surface area contributed by atoms with Crippen molar-refractivity contribution >= 4 is 34.0 Å². The van der Waals surface area contributed by atoms with Gasteiger partial charge >= 0.3 is 0 Å². The van der Waals surface area contributed by atoms with Crippen LogP contribution in [0, 0.1) is 0 Å². The van der Waals surface area contributed by atoms with Crippen molar-refractivity contribution < 1.29 is 23.8 Å². The van der Waals surface area contributed by atoms with Gasteiger partial charge in [0.25, 0.3) is 11.8 Å². The molecule has 0 bridgehead atoms. The van der Waals surface area contributed by atoms with E-state index >= 15 is 0 Å². The van der Waals surface area contributed by atoms with E-state index in [-0.39, 0.29) is 24.0 Å². The first-order valence-corrected chi connectivity index (χ1v) is 13.1. The number of hydrogen-bond acceptors (Lipinski definition) is 9. The third-order valence-electron chi connectivity index (χ3n) is 6.37. The quantitative estimate of drug-likeness (QED) is 0.463. The lowest BCUT2D eigenvalue weighted by molar-refractivity contribution is -0.0212. The van der Waals surface area contributed by atoms with Crippen LogP contribution in [0.15, 0.2) is 23.6 Å². The van der Waals surface area contributed by atoms with Gasteiger partial charge in [-0.25, -0.2) is 4.98 Å². The van der Waals surface area contributed by atoms with Crippen molar-refractivity contribution in [3.8, 4) is 0 Å². The Morgan fingerprint density at radius 3 is 2.83 bits per heavy atom. The van der Waals surface area contributed by atoms with Crippen molar-refractivity contribution in [2.45, 2.75) is 32.1 Å². The Hall–Kier alpha value is -2.57. The van der Waals surface area contributed by atoms with E-state index in [2.05, 4.69) is 32.3 Å². The van der Waals surface area contributed by atoms with Gasteiger partial charge in [-0.1, -0.05) is 6.07 Å². The Balaban J connectivity index is 1.48. The Labute approximate surface area is 215 Å². The maximum atomic E-state index is 13.1. The summed E-state index contributed by atoms with van der Waals surface area (Å²) in [5.41, 5.74) is 2.19. The smallest absolute Gasteiger partial charge is 0.275 e. The summed E-state index contributed by atoms with van der Waals surface area (Å²) in [4.78, 5) is 35.0. The maximum Gasteiger partial charge on any atom is 0.275 e. The van der Waals surface area contributed by atoms with Gasteiger partial charge in [0, 0.05) is 58.9 Å². The van der Waals surface area contributed by atoms with E-state index < -0.39 is 0 Å². The average molecular weight is 518 g/mol. The van der Waals surface area contributed by atoms with Crippen LogP contribution in [0.25, 0.3) is 0 Å². The number of nitrogens with one attached hydrogen (secondary N) is 2. The van der Waals surface area contributed by atoms with E-state index in [1.54, 1.807) is 25.7 Å². The topological polar surface area (TPSA) is 105 Å². The minimum Gasteiger partial charge on any atom is -0.383 e. The monoisotopic (exact) mass is 517 g/mol. The summed E-state index contributed by atoms with van der Waals surface area (Å²) in [5, 5.41) is 8.30. The molecule has 0 unspecified atom stereocenters. The van der Waals surface area contributed by atoms with E-state index in [0.29, 0.717) is 43.2 Å². The molecule has 2 aromatic rings. The molecule has 2 saturated heterocycles. The molecular formula is C25H35N5O5S. The molecule has 10 nitrogen and oxygen atoms in total. The zero-order valence-electron chi connectivity index (χ0n) is 21.1. The molecule has 0 aliphatic carbocycles. The summed E-state index contributed by atoms with van der Waals surface area (Å²) in [7, 11) is 3.30. The number of benzene rings is 1. The molecule has 0 radical (unpaired) electrons. The number of rotatable bonds is 10. The largest absolute Gasteiger partial charge is 0.383 e. The van der Waals surface area contributed by atoms with Crippen LogP contribution in [0.3, 0.4) is 0 Å². The van der Waals surface area contributed by atoms with Crippen LogP contribution in [0.1, 0.15) is 39.8 Å². The van der Waals surface area contributed by atoms with Gasteiger partial charge in [-0.3, -0.25) is 14.5 Å². The van der Waals surface area contributed by atoms with Crippen LogP contribution < -0.4 is 15.5 Å². The zero-order chi connectivity index (χ0) is 25.5. The number of hydrogen-bond donors (Lipinski definition) is 2. The van der Waals surface area contributed by atoms with Gasteiger partial charge in [-0.05, 0) is 31.0 Å². The van der Waals surface area contributed by atoms with Crippen LogP contribution in [-0.4, -0.2) is 94.1 Å². The van der Waals surface area contributed by atoms with Gasteiger partial charge in [0.05, 0.1) is 36.7 Å². The number of nitrogens with zero attached hydrogens (tertiary/aromatic N) is 3. The fourth-order valence-electron chi connectivity index (χ4n) is 4.44. The first-order valence-electron chi connectivity index (χ1n) is 12.3. The second kappa shape index (κ2) is 12.6.